The van der Waals surface area contributed by atoms with Gasteiger partial charge < -0.3 is 14.0 Å². The average Bonchev–Trinajstić information content (AvgIpc) is 3.09. The summed E-state index contributed by atoms with van der Waals surface area (Å²) >= 11 is 0. The third-order valence-corrected chi connectivity index (χ3v) is 5.62. The number of hydrogen-bond acceptors (Lipinski definition) is 5. The highest BCUT2D eigenvalue weighted by molar-refractivity contribution is 6.09. The summed E-state index contributed by atoms with van der Waals surface area (Å²) in [4.78, 5) is 28.7. The Morgan fingerprint density at radius 3 is 2.74 bits per heavy atom. The Labute approximate surface area is 181 Å². The molecule has 0 bridgehead atoms. The van der Waals surface area contributed by atoms with E-state index in [-0.39, 0.29) is 11.8 Å². The summed E-state index contributed by atoms with van der Waals surface area (Å²) in [6, 6.07) is 9.88. The van der Waals surface area contributed by atoms with Gasteiger partial charge in [0.25, 0.3) is 0 Å². The number of amides is 2. The van der Waals surface area contributed by atoms with E-state index in [1.54, 1.807) is 6.20 Å². The molecule has 1 aromatic carbocycles. The van der Waals surface area contributed by atoms with Crippen LogP contribution in [-0.2, 0) is 25.5 Å². The molecular formula is C24H29N3O4. The standard InChI is InChI=1S/C24H29N3O4/c1-2-12-30-14-15-31-13-4-5-17-7-8-20-19(16-17)18-6-3-11-25-23(18)27(20)21-9-10-22(28)26-24(21)29/h3,6-8,11,16,21H,2,4-5,9-10,12-15H2,1H3,(H,26,28,29). The van der Waals surface area contributed by atoms with Crippen LogP contribution in [0.4, 0.5) is 0 Å². The Morgan fingerprint density at radius 1 is 1.10 bits per heavy atom. The number of aryl methyl sites for hydroxylation is 1. The van der Waals surface area contributed by atoms with Crippen molar-refractivity contribution >= 4 is 33.8 Å². The van der Waals surface area contributed by atoms with Crippen molar-refractivity contribution in [3.05, 3.63) is 42.1 Å². The normalized spacial score (nSPS) is 16.9. The van der Waals surface area contributed by atoms with E-state index in [9.17, 15) is 9.59 Å². The van der Waals surface area contributed by atoms with E-state index in [2.05, 4.69) is 35.4 Å². The van der Waals surface area contributed by atoms with Crippen LogP contribution in [0.5, 0.6) is 0 Å². The molecule has 4 rings (SSSR count). The minimum Gasteiger partial charge on any atom is -0.379 e. The van der Waals surface area contributed by atoms with Crippen LogP contribution in [0.25, 0.3) is 21.9 Å². The van der Waals surface area contributed by atoms with Gasteiger partial charge in [0.05, 0.1) is 18.7 Å². The van der Waals surface area contributed by atoms with E-state index in [4.69, 9.17) is 9.47 Å². The molecule has 1 unspecified atom stereocenters. The molecule has 1 atom stereocenters. The Morgan fingerprint density at radius 2 is 1.94 bits per heavy atom. The Bertz CT molecular complexity index is 1080. The number of rotatable bonds is 10. The van der Waals surface area contributed by atoms with Gasteiger partial charge in [-0.15, -0.1) is 0 Å². The van der Waals surface area contributed by atoms with Crippen molar-refractivity contribution < 1.29 is 19.1 Å². The van der Waals surface area contributed by atoms with Crippen LogP contribution < -0.4 is 5.32 Å². The SMILES string of the molecule is CCCOCCOCCCc1ccc2c(c1)c1cccnc1n2C1CCC(=O)NC1=O. The number of ether oxygens (including phenoxy) is 2. The molecule has 1 fully saturated rings. The zero-order valence-electron chi connectivity index (χ0n) is 17.9. The topological polar surface area (TPSA) is 82.4 Å². The quantitative estimate of drug-likeness (QED) is 0.398. The van der Waals surface area contributed by atoms with E-state index in [1.165, 1.54) is 5.56 Å². The van der Waals surface area contributed by atoms with Crippen LogP contribution in [0, 0.1) is 0 Å². The molecule has 3 aromatic rings. The first kappa shape index (κ1) is 21.5. The van der Waals surface area contributed by atoms with Gasteiger partial charge in [0.15, 0.2) is 0 Å². The minimum absolute atomic E-state index is 0.212. The zero-order chi connectivity index (χ0) is 21.6. The first-order valence-corrected chi connectivity index (χ1v) is 11.1. The monoisotopic (exact) mass is 423 g/mol. The molecule has 31 heavy (non-hydrogen) atoms. The maximum atomic E-state index is 12.5. The van der Waals surface area contributed by atoms with Gasteiger partial charge in [-0.1, -0.05) is 13.0 Å². The number of carbonyl (C=O) groups excluding carboxylic acids is 2. The maximum Gasteiger partial charge on any atom is 0.249 e. The van der Waals surface area contributed by atoms with Gasteiger partial charge in [-0.3, -0.25) is 14.9 Å². The number of piperidine rings is 1. The minimum atomic E-state index is -0.429. The molecule has 2 amide bonds. The van der Waals surface area contributed by atoms with E-state index in [0.29, 0.717) is 32.7 Å². The van der Waals surface area contributed by atoms with Gasteiger partial charge in [0.1, 0.15) is 11.7 Å². The van der Waals surface area contributed by atoms with E-state index in [0.717, 1.165) is 47.8 Å². The number of aromatic nitrogens is 2. The molecule has 1 aliphatic heterocycles. The molecule has 1 N–H and O–H groups in total. The molecule has 0 aliphatic carbocycles. The lowest BCUT2D eigenvalue weighted by atomic mass is 10.0. The molecule has 7 heteroatoms. The fraction of sp³-hybridized carbons (Fsp3) is 0.458. The average molecular weight is 424 g/mol. The van der Waals surface area contributed by atoms with Crippen LogP contribution in [-0.4, -0.2) is 47.8 Å². The molecule has 164 valence electrons. The van der Waals surface area contributed by atoms with E-state index in [1.807, 2.05) is 16.7 Å². The largest absolute Gasteiger partial charge is 0.379 e. The van der Waals surface area contributed by atoms with E-state index < -0.39 is 6.04 Å². The summed E-state index contributed by atoms with van der Waals surface area (Å²) in [6.07, 6.45) is 5.44. The molecule has 7 nitrogen and oxygen atoms in total. The predicted octanol–water partition coefficient (Wildman–Crippen LogP) is 3.54. The van der Waals surface area contributed by atoms with Gasteiger partial charge in [-0.25, -0.2) is 4.98 Å². The molecule has 0 spiro atoms. The second-order valence-corrected chi connectivity index (χ2v) is 7.89. The number of imide groups is 1. The highest BCUT2D eigenvalue weighted by Gasteiger charge is 2.30. The summed E-state index contributed by atoms with van der Waals surface area (Å²) in [5.74, 6) is -0.471. The Hall–Kier alpha value is -2.77. The van der Waals surface area contributed by atoms with Crippen molar-refractivity contribution in [1.82, 2.24) is 14.9 Å². The summed E-state index contributed by atoms with van der Waals surface area (Å²) in [7, 11) is 0. The lowest BCUT2D eigenvalue weighted by molar-refractivity contribution is -0.135. The van der Waals surface area contributed by atoms with Gasteiger partial charge in [0.2, 0.25) is 11.8 Å². The summed E-state index contributed by atoms with van der Waals surface area (Å²) in [5, 5.41) is 4.57. The molecule has 1 saturated heterocycles. The number of nitrogens with one attached hydrogen (secondary N) is 1. The number of hydrogen-bond donors (Lipinski definition) is 1. The summed E-state index contributed by atoms with van der Waals surface area (Å²) < 4.78 is 13.1. The highest BCUT2D eigenvalue weighted by Crippen LogP contribution is 2.34. The molecular weight excluding hydrogens is 394 g/mol. The second kappa shape index (κ2) is 10.0. The van der Waals surface area contributed by atoms with Crippen LogP contribution in [0.2, 0.25) is 0 Å². The van der Waals surface area contributed by atoms with Gasteiger partial charge in [0, 0.05) is 36.6 Å². The molecule has 1 aliphatic rings. The van der Waals surface area contributed by atoms with E-state index >= 15 is 0 Å². The smallest absolute Gasteiger partial charge is 0.249 e. The first-order valence-electron chi connectivity index (χ1n) is 11.1. The van der Waals surface area contributed by atoms with Gasteiger partial charge >= 0.3 is 0 Å². The maximum absolute atomic E-state index is 12.5. The molecule has 3 heterocycles. The third kappa shape index (κ3) is 4.78. The van der Waals surface area contributed by atoms with Crippen molar-refractivity contribution in [3.8, 4) is 0 Å². The third-order valence-electron chi connectivity index (χ3n) is 5.62. The van der Waals surface area contributed by atoms with Crippen LogP contribution in [0.1, 0.15) is 44.2 Å². The predicted molar refractivity (Wildman–Crippen MR) is 119 cm³/mol. The summed E-state index contributed by atoms with van der Waals surface area (Å²) in [5.41, 5.74) is 2.97. The number of benzene rings is 1. The van der Waals surface area contributed by atoms with Gasteiger partial charge in [-0.05, 0) is 55.5 Å². The fourth-order valence-electron chi connectivity index (χ4n) is 4.17. The van der Waals surface area contributed by atoms with Gasteiger partial charge in [-0.2, -0.15) is 0 Å². The summed E-state index contributed by atoms with van der Waals surface area (Å²) in [6.45, 7) is 4.85. The number of carbonyl (C=O) groups is 2. The van der Waals surface area contributed by atoms with Crippen molar-refractivity contribution in [2.24, 2.45) is 0 Å². The fourth-order valence-corrected chi connectivity index (χ4v) is 4.17. The highest BCUT2D eigenvalue weighted by atomic mass is 16.5. The Kier molecular flexibility index (Phi) is 6.94. The van der Waals surface area contributed by atoms with Crippen LogP contribution in [0.3, 0.4) is 0 Å². The molecule has 0 radical (unpaired) electrons. The van der Waals surface area contributed by atoms with Crippen molar-refractivity contribution in [1.29, 1.82) is 0 Å². The van der Waals surface area contributed by atoms with Crippen LogP contribution in [0.15, 0.2) is 36.5 Å². The number of nitrogens with zero attached hydrogens (tertiary/aromatic N) is 2. The number of pyridine rings is 1. The lowest BCUT2D eigenvalue weighted by Crippen LogP contribution is -2.41. The molecule has 2 aromatic heterocycles. The van der Waals surface area contributed by atoms with Crippen molar-refractivity contribution in [3.63, 3.8) is 0 Å². The second-order valence-electron chi connectivity index (χ2n) is 7.89. The zero-order valence-corrected chi connectivity index (χ0v) is 17.9. The Balaban J connectivity index is 1.50. The van der Waals surface area contributed by atoms with Crippen molar-refractivity contribution in [2.45, 2.75) is 45.1 Å². The number of fused-ring (bicyclic) bond motifs is 3. The molecule has 0 saturated carbocycles. The van der Waals surface area contributed by atoms with Crippen LogP contribution >= 0.6 is 0 Å². The first-order chi connectivity index (χ1) is 15.2. The lowest BCUT2D eigenvalue weighted by Gasteiger charge is -2.23. The van der Waals surface area contributed by atoms with Crippen molar-refractivity contribution in [2.75, 3.05) is 26.4 Å².